The van der Waals surface area contributed by atoms with Crippen LogP contribution in [0.1, 0.15) is 11.1 Å². The Kier molecular flexibility index (Phi) is 3.49. The zero-order valence-corrected chi connectivity index (χ0v) is 11.2. The van der Waals surface area contributed by atoms with E-state index in [2.05, 4.69) is 31.9 Å². The molecule has 0 aliphatic rings. The highest BCUT2D eigenvalue weighted by atomic mass is 79.9. The van der Waals surface area contributed by atoms with Crippen molar-refractivity contribution < 1.29 is 0 Å². The summed E-state index contributed by atoms with van der Waals surface area (Å²) in [7, 11) is 0. The van der Waals surface area contributed by atoms with E-state index in [1.807, 2.05) is 13.8 Å². The van der Waals surface area contributed by atoms with Crippen LogP contribution < -0.4 is 0 Å². The summed E-state index contributed by atoms with van der Waals surface area (Å²) < 4.78 is 1.74. The van der Waals surface area contributed by atoms with Gasteiger partial charge in [0.25, 0.3) is 0 Å². The molecule has 0 saturated heterocycles. The maximum atomic E-state index is 5.95. The molecule has 66 valence electrons. The molecule has 0 atom stereocenters. The molecule has 0 bridgehead atoms. The van der Waals surface area contributed by atoms with Gasteiger partial charge in [-0.25, -0.2) is 0 Å². The van der Waals surface area contributed by atoms with Crippen molar-refractivity contribution in [2.24, 2.45) is 0 Å². The summed E-state index contributed by atoms with van der Waals surface area (Å²) >= 11 is 18.7. The molecule has 1 rings (SSSR count). The fraction of sp³-hybridized carbons (Fsp3) is 0.250. The smallest absolute Gasteiger partial charge is 0.0748 e. The Labute approximate surface area is 98.5 Å². The zero-order valence-electron chi connectivity index (χ0n) is 6.51. The minimum Gasteiger partial charge on any atom is -0.0814 e. The van der Waals surface area contributed by atoms with Crippen LogP contribution in [-0.2, 0) is 0 Å². The molecule has 0 nitrogen and oxygen atoms in total. The summed E-state index contributed by atoms with van der Waals surface area (Å²) in [6.07, 6.45) is 0. The van der Waals surface area contributed by atoms with Gasteiger partial charge in [0.15, 0.2) is 0 Å². The van der Waals surface area contributed by atoms with E-state index in [1.54, 1.807) is 0 Å². The molecule has 0 aliphatic heterocycles. The fourth-order valence-electron chi connectivity index (χ4n) is 0.851. The Balaban J connectivity index is 3.60. The molecule has 0 amide bonds. The molecule has 0 heterocycles. The highest BCUT2D eigenvalue weighted by molar-refractivity contribution is 9.11. The van der Waals surface area contributed by atoms with Gasteiger partial charge in [0.05, 0.1) is 10.0 Å². The van der Waals surface area contributed by atoms with Gasteiger partial charge < -0.3 is 0 Å². The molecular formula is C8H6Br2Cl2. The number of hydrogen-bond donors (Lipinski definition) is 0. The Bertz CT molecular complexity index is 229. The van der Waals surface area contributed by atoms with Crippen LogP contribution in [0.5, 0.6) is 0 Å². The lowest BCUT2D eigenvalue weighted by Gasteiger charge is -2.10. The first-order valence-electron chi connectivity index (χ1n) is 3.26. The lowest BCUT2D eigenvalue weighted by atomic mass is 10.1. The number of halogens is 4. The van der Waals surface area contributed by atoms with Crippen LogP contribution in [0.2, 0.25) is 10.0 Å². The summed E-state index contributed by atoms with van der Waals surface area (Å²) in [4.78, 5) is 0. The van der Waals surface area contributed by atoms with E-state index < -0.39 is 0 Å². The first-order valence-corrected chi connectivity index (χ1v) is 5.60. The minimum atomic E-state index is 0.562. The summed E-state index contributed by atoms with van der Waals surface area (Å²) in [6, 6.07) is 0. The van der Waals surface area contributed by atoms with Crippen molar-refractivity contribution in [1.82, 2.24) is 0 Å². The van der Waals surface area contributed by atoms with E-state index >= 15 is 0 Å². The highest BCUT2D eigenvalue weighted by Crippen LogP contribution is 2.40. The van der Waals surface area contributed by atoms with Gasteiger partial charge >= 0.3 is 0 Å². The molecule has 1 aromatic rings. The van der Waals surface area contributed by atoms with Gasteiger partial charge in [-0.2, -0.15) is 0 Å². The van der Waals surface area contributed by atoms with E-state index in [0.29, 0.717) is 10.0 Å². The standard InChI is InChI=1S/C8H6Br2Cl2/c1-3-4(2)6(10)8(12)7(11)5(3)9/h1-2H3. The average Bonchev–Trinajstić information content (AvgIpc) is 2.08. The van der Waals surface area contributed by atoms with Gasteiger partial charge in [-0.3, -0.25) is 0 Å². The van der Waals surface area contributed by atoms with Gasteiger partial charge in [0.2, 0.25) is 0 Å². The Morgan fingerprint density at radius 2 is 1.08 bits per heavy atom. The van der Waals surface area contributed by atoms with Crippen molar-refractivity contribution in [3.63, 3.8) is 0 Å². The third kappa shape index (κ3) is 1.67. The quantitative estimate of drug-likeness (QED) is 0.456. The average molecular weight is 333 g/mol. The second kappa shape index (κ2) is 3.87. The Morgan fingerprint density at radius 3 is 1.33 bits per heavy atom. The molecule has 0 N–H and O–H groups in total. The molecule has 1 aromatic carbocycles. The molecule has 0 radical (unpaired) electrons. The lowest BCUT2D eigenvalue weighted by molar-refractivity contribution is 1.29. The molecule has 4 heteroatoms. The van der Waals surface area contributed by atoms with Gasteiger partial charge in [0.1, 0.15) is 0 Å². The molecule has 0 saturated carbocycles. The van der Waals surface area contributed by atoms with E-state index in [9.17, 15) is 0 Å². The zero-order chi connectivity index (χ0) is 9.46. The van der Waals surface area contributed by atoms with Crippen molar-refractivity contribution in [3.05, 3.63) is 30.1 Å². The maximum absolute atomic E-state index is 5.95. The largest absolute Gasteiger partial charge is 0.0814 e. The molecule has 12 heavy (non-hydrogen) atoms. The summed E-state index contributed by atoms with van der Waals surface area (Å²) in [5, 5.41) is 1.12. The topological polar surface area (TPSA) is 0 Å². The van der Waals surface area contributed by atoms with E-state index in [0.717, 1.165) is 20.1 Å². The van der Waals surface area contributed by atoms with Gasteiger partial charge in [-0.05, 0) is 56.8 Å². The van der Waals surface area contributed by atoms with Crippen molar-refractivity contribution in [2.45, 2.75) is 13.8 Å². The first kappa shape index (κ1) is 10.8. The minimum absolute atomic E-state index is 0.562. The van der Waals surface area contributed by atoms with Crippen LogP contribution in [0.4, 0.5) is 0 Å². The van der Waals surface area contributed by atoms with E-state index in [4.69, 9.17) is 23.2 Å². The second-order valence-electron chi connectivity index (χ2n) is 2.51. The molecular weight excluding hydrogens is 327 g/mol. The number of benzene rings is 1. The summed E-state index contributed by atoms with van der Waals surface area (Å²) in [5.74, 6) is 0. The molecule has 0 aliphatic carbocycles. The van der Waals surface area contributed by atoms with Crippen molar-refractivity contribution in [1.29, 1.82) is 0 Å². The van der Waals surface area contributed by atoms with Crippen LogP contribution in [-0.4, -0.2) is 0 Å². The van der Waals surface area contributed by atoms with Crippen LogP contribution in [0.25, 0.3) is 0 Å². The maximum Gasteiger partial charge on any atom is 0.0748 e. The van der Waals surface area contributed by atoms with Crippen LogP contribution in [0.3, 0.4) is 0 Å². The summed E-state index contributed by atoms with van der Waals surface area (Å²) in [5.41, 5.74) is 2.22. The van der Waals surface area contributed by atoms with Crippen LogP contribution in [0, 0.1) is 13.8 Å². The molecule has 0 unspecified atom stereocenters. The molecule has 0 fully saturated rings. The normalized spacial score (nSPS) is 10.5. The van der Waals surface area contributed by atoms with Crippen molar-refractivity contribution >= 4 is 55.1 Å². The monoisotopic (exact) mass is 330 g/mol. The highest BCUT2D eigenvalue weighted by Gasteiger charge is 2.13. The predicted molar refractivity (Wildman–Crippen MR) is 61.3 cm³/mol. The van der Waals surface area contributed by atoms with Gasteiger partial charge in [-0.15, -0.1) is 0 Å². The third-order valence-corrected chi connectivity index (χ3v) is 5.09. The fourth-order valence-corrected chi connectivity index (χ4v) is 2.54. The van der Waals surface area contributed by atoms with Gasteiger partial charge in [-0.1, -0.05) is 23.2 Å². The van der Waals surface area contributed by atoms with Gasteiger partial charge in [0, 0.05) is 8.95 Å². The number of rotatable bonds is 0. The number of hydrogen-bond acceptors (Lipinski definition) is 0. The predicted octanol–water partition coefficient (Wildman–Crippen LogP) is 5.14. The Hall–Kier alpha value is 0.760. The third-order valence-electron chi connectivity index (χ3n) is 1.80. The first-order chi connectivity index (χ1) is 5.46. The van der Waals surface area contributed by atoms with Crippen LogP contribution in [0.15, 0.2) is 8.95 Å². The molecule has 0 aromatic heterocycles. The molecule has 0 spiro atoms. The summed E-state index contributed by atoms with van der Waals surface area (Å²) in [6.45, 7) is 3.98. The van der Waals surface area contributed by atoms with E-state index in [-0.39, 0.29) is 0 Å². The van der Waals surface area contributed by atoms with Crippen LogP contribution >= 0.6 is 55.1 Å². The second-order valence-corrected chi connectivity index (χ2v) is 4.85. The van der Waals surface area contributed by atoms with Crippen molar-refractivity contribution in [3.8, 4) is 0 Å². The SMILES string of the molecule is Cc1c(C)c(Br)c(Cl)c(Cl)c1Br. The van der Waals surface area contributed by atoms with E-state index in [1.165, 1.54) is 0 Å². The Morgan fingerprint density at radius 1 is 0.833 bits per heavy atom. The lowest BCUT2D eigenvalue weighted by Crippen LogP contribution is -1.87. The van der Waals surface area contributed by atoms with Crippen molar-refractivity contribution in [2.75, 3.05) is 0 Å².